The zero-order valence-corrected chi connectivity index (χ0v) is 13.0. The van der Waals surface area contributed by atoms with Crippen molar-refractivity contribution in [3.8, 4) is 0 Å². The fraction of sp³-hybridized carbons (Fsp3) is 0.846. The van der Waals surface area contributed by atoms with Crippen molar-refractivity contribution >= 4 is 21.6 Å². The number of rotatable bonds is 7. The van der Waals surface area contributed by atoms with Gasteiger partial charge in [-0.3, -0.25) is 9.59 Å². The highest BCUT2D eigenvalue weighted by Crippen LogP contribution is 2.21. The molecule has 1 heterocycles. The lowest BCUT2D eigenvalue weighted by atomic mass is 9.89. The highest BCUT2D eigenvalue weighted by molar-refractivity contribution is 7.92. The summed E-state index contributed by atoms with van der Waals surface area (Å²) >= 11 is 0. The Kier molecular flexibility index (Phi) is 5.70. The van der Waals surface area contributed by atoms with E-state index < -0.39 is 32.8 Å². The number of ether oxygens (including phenoxy) is 2. The normalized spacial score (nSPS) is 19.9. The van der Waals surface area contributed by atoms with Gasteiger partial charge in [-0.05, 0) is 33.6 Å². The summed E-state index contributed by atoms with van der Waals surface area (Å²) in [5, 5.41) is 0. The Bertz CT molecular complexity index is 459. The second kappa shape index (κ2) is 6.67. The number of hydrogen-bond acceptors (Lipinski definition) is 6. The van der Waals surface area contributed by atoms with Crippen molar-refractivity contribution < 1.29 is 27.5 Å². The predicted octanol–water partition coefficient (Wildman–Crippen LogP) is 0.739. The Morgan fingerprint density at radius 3 is 2.50 bits per heavy atom. The van der Waals surface area contributed by atoms with Crippen molar-refractivity contribution in [2.75, 3.05) is 24.7 Å². The van der Waals surface area contributed by atoms with Gasteiger partial charge in [-0.2, -0.15) is 0 Å². The Labute approximate surface area is 119 Å². The van der Waals surface area contributed by atoms with E-state index in [4.69, 9.17) is 9.47 Å². The van der Waals surface area contributed by atoms with E-state index in [0.29, 0.717) is 13.0 Å². The van der Waals surface area contributed by atoms with E-state index in [1.54, 1.807) is 6.92 Å². The van der Waals surface area contributed by atoms with Crippen LogP contribution >= 0.6 is 0 Å². The number of carbonyl (C=O) groups excluding carboxylic acids is 2. The van der Waals surface area contributed by atoms with E-state index in [0.717, 1.165) is 6.42 Å². The Hall–Kier alpha value is -0.950. The first kappa shape index (κ1) is 17.1. The van der Waals surface area contributed by atoms with Crippen LogP contribution in [0.5, 0.6) is 0 Å². The molecular weight excluding hydrogens is 284 g/mol. The summed E-state index contributed by atoms with van der Waals surface area (Å²) in [5.41, 5.74) is -1.44. The average Bonchev–Trinajstić information content (AvgIpc) is 2.80. The first-order chi connectivity index (χ1) is 9.19. The van der Waals surface area contributed by atoms with Gasteiger partial charge < -0.3 is 9.47 Å². The maximum atomic E-state index is 12.0. The standard InChI is InChI=1S/C13H22O6S/c1-4-18-12(15)13(2,3)11(14)9-20(16,17)8-10-6-5-7-19-10/h10H,4-9H2,1-3H3. The van der Waals surface area contributed by atoms with Crippen molar-refractivity contribution in [2.45, 2.75) is 39.7 Å². The minimum atomic E-state index is -3.58. The van der Waals surface area contributed by atoms with E-state index in [1.807, 2.05) is 0 Å². The molecule has 0 aromatic rings. The highest BCUT2D eigenvalue weighted by Gasteiger charge is 2.40. The number of Topliss-reactive ketones (excluding diaryl/α,β-unsaturated/α-hetero) is 1. The summed E-state index contributed by atoms with van der Waals surface area (Å²) in [4.78, 5) is 23.7. The van der Waals surface area contributed by atoms with E-state index >= 15 is 0 Å². The van der Waals surface area contributed by atoms with Gasteiger partial charge in [0, 0.05) is 6.61 Å². The minimum Gasteiger partial charge on any atom is -0.465 e. The Morgan fingerprint density at radius 1 is 1.35 bits per heavy atom. The molecule has 1 atom stereocenters. The third-order valence-electron chi connectivity index (χ3n) is 3.30. The number of ketones is 1. The predicted molar refractivity (Wildman–Crippen MR) is 73.0 cm³/mol. The van der Waals surface area contributed by atoms with Crippen LogP contribution in [-0.2, 0) is 28.9 Å². The molecule has 1 aliphatic heterocycles. The van der Waals surface area contributed by atoms with Gasteiger partial charge in [-0.15, -0.1) is 0 Å². The molecule has 1 unspecified atom stereocenters. The van der Waals surface area contributed by atoms with Crippen LogP contribution in [0, 0.1) is 5.41 Å². The molecule has 0 amide bonds. The second-order valence-corrected chi connectivity index (χ2v) is 7.57. The van der Waals surface area contributed by atoms with Gasteiger partial charge in [0.2, 0.25) is 0 Å². The maximum absolute atomic E-state index is 12.0. The average molecular weight is 306 g/mol. The lowest BCUT2D eigenvalue weighted by Crippen LogP contribution is -2.40. The third-order valence-corrected chi connectivity index (χ3v) is 4.88. The molecule has 7 heteroatoms. The Balaban J connectivity index is 2.65. The van der Waals surface area contributed by atoms with Crippen LogP contribution in [0.15, 0.2) is 0 Å². The van der Waals surface area contributed by atoms with Crippen LogP contribution in [0.3, 0.4) is 0 Å². The molecule has 0 aromatic heterocycles. The summed E-state index contributed by atoms with van der Waals surface area (Å²) in [6, 6.07) is 0. The largest absolute Gasteiger partial charge is 0.465 e. The molecule has 1 rings (SSSR count). The highest BCUT2D eigenvalue weighted by atomic mass is 32.2. The molecule has 20 heavy (non-hydrogen) atoms. The quantitative estimate of drug-likeness (QED) is 0.509. The molecule has 116 valence electrons. The lowest BCUT2D eigenvalue weighted by molar-refractivity contribution is -0.157. The Morgan fingerprint density at radius 2 is 2.00 bits per heavy atom. The van der Waals surface area contributed by atoms with Gasteiger partial charge in [-0.1, -0.05) is 0 Å². The zero-order chi connectivity index (χ0) is 15.4. The van der Waals surface area contributed by atoms with Crippen LogP contribution in [0.1, 0.15) is 33.6 Å². The van der Waals surface area contributed by atoms with Gasteiger partial charge in [0.15, 0.2) is 15.6 Å². The van der Waals surface area contributed by atoms with E-state index in [2.05, 4.69) is 0 Å². The van der Waals surface area contributed by atoms with Crippen LogP contribution < -0.4 is 0 Å². The van der Waals surface area contributed by atoms with Crippen LogP contribution in [0.2, 0.25) is 0 Å². The van der Waals surface area contributed by atoms with Gasteiger partial charge in [0.05, 0.1) is 18.5 Å². The fourth-order valence-corrected chi connectivity index (χ4v) is 3.63. The summed E-state index contributed by atoms with van der Waals surface area (Å²) in [5.74, 6) is -2.16. The second-order valence-electron chi connectivity index (χ2n) is 5.46. The van der Waals surface area contributed by atoms with Gasteiger partial charge in [0.1, 0.15) is 11.2 Å². The molecule has 0 spiro atoms. The maximum Gasteiger partial charge on any atom is 0.319 e. The molecule has 0 saturated carbocycles. The van der Waals surface area contributed by atoms with Crippen molar-refractivity contribution in [3.05, 3.63) is 0 Å². The zero-order valence-electron chi connectivity index (χ0n) is 12.2. The topological polar surface area (TPSA) is 86.7 Å². The molecule has 0 aromatic carbocycles. The van der Waals surface area contributed by atoms with E-state index in [9.17, 15) is 18.0 Å². The molecular formula is C13H22O6S. The van der Waals surface area contributed by atoms with Crippen molar-refractivity contribution in [1.29, 1.82) is 0 Å². The van der Waals surface area contributed by atoms with Crippen LogP contribution in [-0.4, -0.2) is 51.0 Å². The summed E-state index contributed by atoms with van der Waals surface area (Å²) in [7, 11) is -3.58. The number of esters is 1. The van der Waals surface area contributed by atoms with Crippen LogP contribution in [0.25, 0.3) is 0 Å². The molecule has 0 radical (unpaired) electrons. The molecule has 0 bridgehead atoms. The molecule has 1 fully saturated rings. The number of hydrogen-bond donors (Lipinski definition) is 0. The number of sulfone groups is 1. The van der Waals surface area contributed by atoms with Crippen molar-refractivity contribution in [3.63, 3.8) is 0 Å². The molecule has 1 saturated heterocycles. The fourth-order valence-electron chi connectivity index (χ4n) is 1.92. The monoisotopic (exact) mass is 306 g/mol. The molecule has 1 aliphatic rings. The van der Waals surface area contributed by atoms with Crippen molar-refractivity contribution in [1.82, 2.24) is 0 Å². The number of carbonyl (C=O) groups is 2. The van der Waals surface area contributed by atoms with Crippen molar-refractivity contribution in [2.24, 2.45) is 5.41 Å². The smallest absolute Gasteiger partial charge is 0.319 e. The third kappa shape index (κ3) is 4.56. The summed E-state index contributed by atoms with van der Waals surface area (Å²) in [6.07, 6.45) is 1.19. The SMILES string of the molecule is CCOC(=O)C(C)(C)C(=O)CS(=O)(=O)CC1CCCO1. The summed E-state index contributed by atoms with van der Waals surface area (Å²) < 4.78 is 34.0. The van der Waals surface area contributed by atoms with Gasteiger partial charge in [-0.25, -0.2) is 8.42 Å². The summed E-state index contributed by atoms with van der Waals surface area (Å²) in [6.45, 7) is 5.11. The molecule has 0 N–H and O–H groups in total. The van der Waals surface area contributed by atoms with Gasteiger partial charge in [0.25, 0.3) is 0 Å². The first-order valence-corrected chi connectivity index (χ1v) is 8.53. The van der Waals surface area contributed by atoms with Gasteiger partial charge >= 0.3 is 5.97 Å². The minimum absolute atomic E-state index is 0.151. The first-order valence-electron chi connectivity index (χ1n) is 6.71. The molecule has 6 nitrogen and oxygen atoms in total. The van der Waals surface area contributed by atoms with E-state index in [1.165, 1.54) is 13.8 Å². The lowest BCUT2D eigenvalue weighted by Gasteiger charge is -2.21. The van der Waals surface area contributed by atoms with E-state index in [-0.39, 0.29) is 18.5 Å². The van der Waals surface area contributed by atoms with Crippen LogP contribution in [0.4, 0.5) is 0 Å². The molecule has 0 aliphatic carbocycles.